The lowest BCUT2D eigenvalue weighted by Gasteiger charge is -2.12. The second-order valence-electron chi connectivity index (χ2n) is 4.67. The number of aromatic nitrogens is 2. The smallest absolute Gasteiger partial charge is 0.331 e. The summed E-state index contributed by atoms with van der Waals surface area (Å²) in [5.74, 6) is 0. The Morgan fingerprint density at radius 2 is 1.94 bits per heavy atom. The first-order valence-electron chi connectivity index (χ1n) is 6.21. The number of anilines is 1. The fourth-order valence-electron chi connectivity index (χ4n) is 1.82. The van der Waals surface area contributed by atoms with Gasteiger partial charge in [-0.3, -0.25) is 13.9 Å². The van der Waals surface area contributed by atoms with Crippen molar-refractivity contribution in [2.75, 3.05) is 26.4 Å². The number of hydrogen-bond acceptors (Lipinski definition) is 4. The Morgan fingerprint density at radius 3 is 2.50 bits per heavy atom. The first-order valence-corrected chi connectivity index (χ1v) is 6.21. The standard InChI is InChI=1S/C12H22N4O2/c1-4-6-15-9-10(13)11(17)16(12(15)18)8-5-7-14(2)3/h9H,4-8,13H2,1-3H3. The molecule has 1 aromatic rings. The van der Waals surface area contributed by atoms with Crippen LogP contribution in [0.1, 0.15) is 19.8 Å². The normalized spacial score (nSPS) is 11.1. The van der Waals surface area contributed by atoms with Crippen LogP contribution in [0, 0.1) is 0 Å². The van der Waals surface area contributed by atoms with E-state index in [4.69, 9.17) is 5.73 Å². The molecule has 1 heterocycles. The summed E-state index contributed by atoms with van der Waals surface area (Å²) in [6.07, 6.45) is 3.02. The largest absolute Gasteiger partial charge is 0.393 e. The highest BCUT2D eigenvalue weighted by Gasteiger charge is 2.08. The lowest BCUT2D eigenvalue weighted by molar-refractivity contribution is 0.380. The molecule has 0 aliphatic heterocycles. The summed E-state index contributed by atoms with van der Waals surface area (Å²) < 4.78 is 2.74. The highest BCUT2D eigenvalue weighted by atomic mass is 16.2. The molecule has 0 bridgehead atoms. The first kappa shape index (κ1) is 14.5. The van der Waals surface area contributed by atoms with Crippen molar-refractivity contribution in [1.29, 1.82) is 0 Å². The second kappa shape index (κ2) is 6.39. The molecule has 0 unspecified atom stereocenters. The molecule has 0 aliphatic rings. The van der Waals surface area contributed by atoms with Gasteiger partial charge in [-0.25, -0.2) is 4.79 Å². The average molecular weight is 254 g/mol. The number of hydrogen-bond donors (Lipinski definition) is 1. The van der Waals surface area contributed by atoms with Gasteiger partial charge in [-0.05, 0) is 33.5 Å². The molecule has 0 fully saturated rings. The summed E-state index contributed by atoms with van der Waals surface area (Å²) in [6.45, 7) is 3.79. The van der Waals surface area contributed by atoms with Gasteiger partial charge < -0.3 is 10.6 Å². The Hall–Kier alpha value is -1.56. The molecule has 0 amide bonds. The molecule has 1 rings (SSSR count). The Balaban J connectivity index is 3.02. The molecule has 6 nitrogen and oxygen atoms in total. The van der Waals surface area contributed by atoms with Crippen LogP contribution in [0.15, 0.2) is 15.8 Å². The fourth-order valence-corrected chi connectivity index (χ4v) is 1.82. The van der Waals surface area contributed by atoms with Crippen molar-refractivity contribution in [2.45, 2.75) is 32.9 Å². The van der Waals surface area contributed by atoms with Gasteiger partial charge in [0.1, 0.15) is 5.69 Å². The molecule has 0 atom stereocenters. The zero-order chi connectivity index (χ0) is 13.7. The lowest BCUT2D eigenvalue weighted by Crippen LogP contribution is -2.41. The Morgan fingerprint density at radius 1 is 1.28 bits per heavy atom. The molecule has 6 heteroatoms. The second-order valence-corrected chi connectivity index (χ2v) is 4.67. The molecule has 0 saturated carbocycles. The van der Waals surface area contributed by atoms with Crippen LogP contribution < -0.4 is 17.0 Å². The molecule has 0 aromatic carbocycles. The number of nitrogens with zero attached hydrogens (tertiary/aromatic N) is 3. The van der Waals surface area contributed by atoms with Gasteiger partial charge in [-0.2, -0.15) is 0 Å². The molecular weight excluding hydrogens is 232 g/mol. The van der Waals surface area contributed by atoms with Gasteiger partial charge in [0.05, 0.1) is 0 Å². The lowest BCUT2D eigenvalue weighted by atomic mass is 10.4. The minimum atomic E-state index is -0.383. The zero-order valence-corrected chi connectivity index (χ0v) is 11.3. The van der Waals surface area contributed by atoms with Crippen molar-refractivity contribution in [2.24, 2.45) is 0 Å². The van der Waals surface area contributed by atoms with Crippen LogP contribution in [0.2, 0.25) is 0 Å². The minimum absolute atomic E-state index is 0.132. The van der Waals surface area contributed by atoms with Gasteiger partial charge in [-0.15, -0.1) is 0 Å². The van der Waals surface area contributed by atoms with Gasteiger partial charge in [0, 0.05) is 19.3 Å². The molecule has 2 N–H and O–H groups in total. The predicted octanol–water partition coefficient (Wildman–Crippen LogP) is -0.0461. The fraction of sp³-hybridized carbons (Fsp3) is 0.667. The Kier molecular flexibility index (Phi) is 5.15. The van der Waals surface area contributed by atoms with Gasteiger partial charge in [0.25, 0.3) is 5.56 Å². The molecule has 18 heavy (non-hydrogen) atoms. The van der Waals surface area contributed by atoms with E-state index in [1.54, 1.807) is 0 Å². The van der Waals surface area contributed by atoms with Crippen LogP contribution in [-0.2, 0) is 13.1 Å². The zero-order valence-electron chi connectivity index (χ0n) is 11.3. The molecule has 0 saturated heterocycles. The maximum atomic E-state index is 12.1. The van der Waals surface area contributed by atoms with E-state index in [0.717, 1.165) is 19.4 Å². The van der Waals surface area contributed by atoms with E-state index < -0.39 is 0 Å². The molecular formula is C12H22N4O2. The maximum absolute atomic E-state index is 12.1. The van der Waals surface area contributed by atoms with E-state index >= 15 is 0 Å². The highest BCUT2D eigenvalue weighted by molar-refractivity contribution is 5.30. The van der Waals surface area contributed by atoms with Crippen LogP contribution in [0.3, 0.4) is 0 Å². The molecule has 1 aromatic heterocycles. The van der Waals surface area contributed by atoms with Crippen molar-refractivity contribution in [3.05, 3.63) is 27.0 Å². The van der Waals surface area contributed by atoms with Gasteiger partial charge >= 0.3 is 5.69 Å². The third kappa shape index (κ3) is 3.46. The molecule has 0 spiro atoms. The van der Waals surface area contributed by atoms with Gasteiger partial charge in [0.2, 0.25) is 0 Å². The van der Waals surface area contributed by atoms with E-state index in [1.807, 2.05) is 25.9 Å². The molecule has 102 valence electrons. The highest BCUT2D eigenvalue weighted by Crippen LogP contribution is 1.93. The topological polar surface area (TPSA) is 73.3 Å². The maximum Gasteiger partial charge on any atom is 0.331 e. The predicted molar refractivity (Wildman–Crippen MR) is 72.8 cm³/mol. The quantitative estimate of drug-likeness (QED) is 0.772. The van der Waals surface area contributed by atoms with E-state index in [9.17, 15) is 9.59 Å². The summed E-state index contributed by atoms with van der Waals surface area (Å²) in [5.41, 5.74) is 5.13. The van der Waals surface area contributed by atoms with Gasteiger partial charge in [-0.1, -0.05) is 6.92 Å². The van der Waals surface area contributed by atoms with Crippen molar-refractivity contribution in [1.82, 2.24) is 14.0 Å². The summed E-state index contributed by atoms with van der Waals surface area (Å²) in [5, 5.41) is 0. The summed E-state index contributed by atoms with van der Waals surface area (Å²) in [4.78, 5) is 25.9. The Labute approximate surface area is 107 Å². The number of nitrogens with two attached hydrogens (primary N) is 1. The van der Waals surface area contributed by atoms with Crippen LogP contribution in [0.4, 0.5) is 5.69 Å². The van der Waals surface area contributed by atoms with Crippen LogP contribution >= 0.6 is 0 Å². The van der Waals surface area contributed by atoms with E-state index in [-0.39, 0.29) is 16.9 Å². The third-order valence-corrected chi connectivity index (χ3v) is 2.72. The van der Waals surface area contributed by atoms with Crippen molar-refractivity contribution in [3.63, 3.8) is 0 Å². The molecule has 0 aliphatic carbocycles. The van der Waals surface area contributed by atoms with E-state index in [2.05, 4.69) is 0 Å². The van der Waals surface area contributed by atoms with Crippen molar-refractivity contribution in [3.8, 4) is 0 Å². The Bertz CT molecular complexity index is 502. The van der Waals surface area contributed by atoms with Gasteiger partial charge in [0.15, 0.2) is 0 Å². The van der Waals surface area contributed by atoms with Crippen molar-refractivity contribution >= 4 is 5.69 Å². The van der Waals surface area contributed by atoms with E-state index in [1.165, 1.54) is 15.3 Å². The van der Waals surface area contributed by atoms with E-state index in [0.29, 0.717) is 13.1 Å². The monoisotopic (exact) mass is 254 g/mol. The molecule has 0 radical (unpaired) electrons. The SMILES string of the molecule is CCCn1cc(N)c(=O)n(CCCN(C)C)c1=O. The van der Waals surface area contributed by atoms with Crippen LogP contribution in [0.25, 0.3) is 0 Å². The van der Waals surface area contributed by atoms with Crippen LogP contribution in [-0.4, -0.2) is 34.7 Å². The summed E-state index contributed by atoms with van der Waals surface area (Å²) in [7, 11) is 3.91. The third-order valence-electron chi connectivity index (χ3n) is 2.72. The number of aryl methyl sites for hydroxylation is 1. The van der Waals surface area contributed by atoms with Crippen LogP contribution in [0.5, 0.6) is 0 Å². The first-order chi connectivity index (χ1) is 8.47. The van der Waals surface area contributed by atoms with Crippen molar-refractivity contribution < 1.29 is 0 Å². The minimum Gasteiger partial charge on any atom is -0.393 e. The summed E-state index contributed by atoms with van der Waals surface area (Å²) in [6, 6.07) is 0. The number of nitrogen functional groups attached to an aromatic ring is 1. The number of rotatable bonds is 6. The average Bonchev–Trinajstić information content (AvgIpc) is 2.30. The summed E-state index contributed by atoms with van der Waals surface area (Å²) >= 11 is 0.